The molecule has 4 aliphatic rings. The number of carboxylic acid groups (broad SMARTS) is 1. The van der Waals surface area contributed by atoms with Gasteiger partial charge < -0.3 is 5.11 Å². The molecule has 0 amide bonds. The first-order chi connectivity index (χ1) is 15.7. The molecule has 0 radical (unpaired) electrons. The lowest BCUT2D eigenvalue weighted by Crippen LogP contribution is -2.53. The van der Waals surface area contributed by atoms with Crippen LogP contribution < -0.4 is 0 Å². The van der Waals surface area contributed by atoms with Crippen molar-refractivity contribution in [2.45, 2.75) is 93.4 Å². The van der Waals surface area contributed by atoms with Gasteiger partial charge >= 0.3 is 5.97 Å². The van der Waals surface area contributed by atoms with Gasteiger partial charge in [-0.25, -0.2) is 0 Å². The maximum Gasteiger partial charge on any atom is 0.307 e. The van der Waals surface area contributed by atoms with Crippen LogP contribution in [0.4, 0.5) is 0 Å². The van der Waals surface area contributed by atoms with Crippen molar-refractivity contribution in [1.82, 2.24) is 0 Å². The molecule has 4 aliphatic carbocycles. The summed E-state index contributed by atoms with van der Waals surface area (Å²) in [7, 11) is 0. The third-order valence-electron chi connectivity index (χ3n) is 10.6. The quantitative estimate of drug-likeness (QED) is 0.457. The number of allylic oxidation sites excluding steroid dienone is 6. The Hall–Kier alpha value is -1.97. The molecule has 34 heavy (non-hydrogen) atoms. The molecule has 0 aromatic heterocycles. The molecule has 4 rings (SSSR count). The van der Waals surface area contributed by atoms with E-state index >= 15 is 0 Å². The molecule has 0 heterocycles. The Morgan fingerprint density at radius 1 is 1.12 bits per heavy atom. The maximum atomic E-state index is 13.6. The van der Waals surface area contributed by atoms with E-state index in [2.05, 4.69) is 52.8 Å². The summed E-state index contributed by atoms with van der Waals surface area (Å²) < 4.78 is 0. The van der Waals surface area contributed by atoms with Crippen LogP contribution in [0.15, 0.2) is 34.9 Å². The fourth-order valence-corrected chi connectivity index (χ4v) is 8.34. The maximum absolute atomic E-state index is 13.6. The lowest BCUT2D eigenvalue weighted by molar-refractivity contribution is -0.149. The molecule has 0 spiro atoms. The van der Waals surface area contributed by atoms with Crippen molar-refractivity contribution in [3.8, 4) is 0 Å². The fraction of sp³-hybridized carbons (Fsp3) is 0.700. The van der Waals surface area contributed by atoms with E-state index in [4.69, 9.17) is 0 Å². The van der Waals surface area contributed by atoms with Gasteiger partial charge in [0.25, 0.3) is 0 Å². The van der Waals surface area contributed by atoms with Crippen LogP contribution in [-0.2, 0) is 14.4 Å². The van der Waals surface area contributed by atoms with Gasteiger partial charge in [-0.1, -0.05) is 58.4 Å². The number of aliphatic carboxylic acids is 1. The second-order valence-corrected chi connectivity index (χ2v) is 13.0. The second kappa shape index (κ2) is 8.03. The van der Waals surface area contributed by atoms with Crippen LogP contribution in [0.2, 0.25) is 0 Å². The number of fused-ring (bicyclic) bond motifs is 5. The zero-order chi connectivity index (χ0) is 25.3. The van der Waals surface area contributed by atoms with Gasteiger partial charge in [0.2, 0.25) is 0 Å². The molecule has 4 nitrogen and oxygen atoms in total. The van der Waals surface area contributed by atoms with Gasteiger partial charge in [0.1, 0.15) is 11.6 Å². The molecule has 6 atom stereocenters. The topological polar surface area (TPSA) is 71.4 Å². The first-order valence-corrected chi connectivity index (χ1v) is 13.0. The summed E-state index contributed by atoms with van der Waals surface area (Å²) in [6.07, 6.45) is 11.3. The van der Waals surface area contributed by atoms with Crippen LogP contribution in [0.25, 0.3) is 0 Å². The van der Waals surface area contributed by atoms with Gasteiger partial charge in [0, 0.05) is 29.6 Å². The lowest BCUT2D eigenvalue weighted by atomic mass is 9.44. The number of rotatable bonds is 5. The predicted molar refractivity (Wildman–Crippen MR) is 134 cm³/mol. The van der Waals surface area contributed by atoms with Crippen LogP contribution in [0.3, 0.4) is 0 Å². The average Bonchev–Trinajstić information content (AvgIpc) is 2.94. The molecular weight excluding hydrogens is 424 g/mol. The SMILES string of the molecule is CC(C)=CCC[C@@H](C(=O)O)[C@H]1C(=O)C[C@@]2(C)C3=CC[C@H]4C(C)(C)C(=O)CC[C@]4(C)C3=CC[C@]12C. The molecule has 0 aromatic rings. The number of carbonyl (C=O) groups excluding carboxylic acids is 2. The summed E-state index contributed by atoms with van der Waals surface area (Å²) in [4.78, 5) is 38.8. The van der Waals surface area contributed by atoms with Crippen LogP contribution in [0.5, 0.6) is 0 Å². The minimum absolute atomic E-state index is 0.0807. The highest BCUT2D eigenvalue weighted by molar-refractivity contribution is 5.91. The van der Waals surface area contributed by atoms with Crippen molar-refractivity contribution in [3.63, 3.8) is 0 Å². The standard InChI is InChI=1S/C30H42O4/c1-18(2)9-8-10-19(26(33)34)25-22(31)17-30(7)21-11-12-23-27(3,4)24(32)14-15-28(23,5)20(21)13-16-29(25,30)6/h9,11,13,19,23,25H,8,10,12,14-17H2,1-7H3,(H,33,34)/t19-,23+,25+,28-,29-,30+/m1/s1. The summed E-state index contributed by atoms with van der Waals surface area (Å²) >= 11 is 0. The smallest absolute Gasteiger partial charge is 0.307 e. The number of carboxylic acids is 1. The Bertz CT molecular complexity index is 1020. The van der Waals surface area contributed by atoms with Crippen LogP contribution in [-0.4, -0.2) is 22.6 Å². The van der Waals surface area contributed by atoms with Crippen LogP contribution in [0.1, 0.15) is 93.4 Å². The Morgan fingerprint density at radius 3 is 2.41 bits per heavy atom. The summed E-state index contributed by atoms with van der Waals surface area (Å²) in [6.45, 7) is 14.9. The van der Waals surface area contributed by atoms with Crippen molar-refractivity contribution in [2.24, 2.45) is 39.4 Å². The monoisotopic (exact) mass is 466 g/mol. The van der Waals surface area contributed by atoms with E-state index in [0.717, 1.165) is 19.3 Å². The first kappa shape index (κ1) is 25.1. The molecule has 0 unspecified atom stereocenters. The highest BCUT2D eigenvalue weighted by Gasteiger charge is 2.66. The first-order valence-electron chi connectivity index (χ1n) is 13.0. The van der Waals surface area contributed by atoms with Gasteiger partial charge in [-0.2, -0.15) is 0 Å². The molecular formula is C30H42O4. The molecule has 4 heteroatoms. The molecule has 1 N–H and O–H groups in total. The summed E-state index contributed by atoms with van der Waals surface area (Å²) in [5, 5.41) is 10.2. The van der Waals surface area contributed by atoms with Crippen molar-refractivity contribution in [2.75, 3.05) is 0 Å². The number of carbonyl (C=O) groups is 3. The summed E-state index contributed by atoms with van der Waals surface area (Å²) in [6, 6.07) is 0. The third-order valence-corrected chi connectivity index (χ3v) is 10.6. The van der Waals surface area contributed by atoms with Crippen LogP contribution >= 0.6 is 0 Å². The molecule has 0 saturated heterocycles. The van der Waals surface area contributed by atoms with Gasteiger partial charge in [-0.15, -0.1) is 0 Å². The van der Waals surface area contributed by atoms with E-state index in [0.29, 0.717) is 31.5 Å². The fourth-order valence-electron chi connectivity index (χ4n) is 8.34. The zero-order valence-corrected chi connectivity index (χ0v) is 22.1. The van der Waals surface area contributed by atoms with E-state index in [9.17, 15) is 19.5 Å². The highest BCUT2D eigenvalue weighted by Crippen LogP contribution is 2.70. The normalized spacial score (nSPS) is 39.3. The van der Waals surface area contributed by atoms with Crippen molar-refractivity contribution >= 4 is 17.5 Å². The van der Waals surface area contributed by atoms with E-state index in [1.54, 1.807) is 0 Å². The summed E-state index contributed by atoms with van der Waals surface area (Å²) in [5.74, 6) is -1.27. The van der Waals surface area contributed by atoms with E-state index < -0.39 is 23.2 Å². The van der Waals surface area contributed by atoms with E-state index in [-0.39, 0.29) is 27.9 Å². The Labute approximate surface area is 205 Å². The van der Waals surface area contributed by atoms with Gasteiger partial charge in [-0.05, 0) is 73.8 Å². The zero-order valence-electron chi connectivity index (χ0n) is 22.1. The van der Waals surface area contributed by atoms with Gasteiger partial charge in [0.05, 0.1) is 5.92 Å². The Morgan fingerprint density at radius 2 is 1.79 bits per heavy atom. The molecule has 186 valence electrons. The van der Waals surface area contributed by atoms with Crippen molar-refractivity contribution < 1.29 is 19.5 Å². The second-order valence-electron chi connectivity index (χ2n) is 13.0. The molecule has 2 saturated carbocycles. The van der Waals surface area contributed by atoms with Crippen molar-refractivity contribution in [1.29, 1.82) is 0 Å². The largest absolute Gasteiger partial charge is 0.481 e. The van der Waals surface area contributed by atoms with Crippen LogP contribution in [0, 0.1) is 39.4 Å². The summed E-state index contributed by atoms with van der Waals surface area (Å²) in [5.41, 5.74) is 2.53. The van der Waals surface area contributed by atoms with Gasteiger partial charge in [0.15, 0.2) is 0 Å². The number of Topliss-reactive ketones (excluding diaryl/α,β-unsaturated/α-hetero) is 2. The van der Waals surface area contributed by atoms with Gasteiger partial charge in [-0.3, -0.25) is 14.4 Å². The minimum Gasteiger partial charge on any atom is -0.481 e. The number of hydrogen-bond acceptors (Lipinski definition) is 3. The third kappa shape index (κ3) is 3.34. The molecule has 0 aliphatic heterocycles. The number of hydrogen-bond donors (Lipinski definition) is 1. The highest BCUT2D eigenvalue weighted by atomic mass is 16.4. The Balaban J connectivity index is 1.76. The number of ketones is 2. The minimum atomic E-state index is -0.849. The average molecular weight is 467 g/mol. The lowest BCUT2D eigenvalue weighted by Gasteiger charge is -2.59. The predicted octanol–water partition coefficient (Wildman–Crippen LogP) is 6.71. The molecule has 2 fully saturated rings. The van der Waals surface area contributed by atoms with Crippen molar-refractivity contribution in [3.05, 3.63) is 34.9 Å². The van der Waals surface area contributed by atoms with E-state index in [1.807, 2.05) is 13.8 Å². The molecule has 0 bridgehead atoms. The Kier molecular flexibility index (Phi) is 5.94. The molecule has 0 aromatic carbocycles. The van der Waals surface area contributed by atoms with E-state index in [1.165, 1.54) is 16.7 Å².